The highest BCUT2D eigenvalue weighted by Crippen LogP contribution is 2.03. The van der Waals surface area contributed by atoms with Gasteiger partial charge in [-0.05, 0) is 17.5 Å². The Morgan fingerprint density at radius 1 is 0.815 bits per heavy atom. The molecule has 0 spiro atoms. The number of primary amides is 1. The predicted molar refractivity (Wildman–Crippen MR) is 100 cm³/mol. The fourth-order valence-corrected chi connectivity index (χ4v) is 2.18. The molecule has 0 radical (unpaired) electrons. The minimum Gasteiger partial charge on any atom is -0.480 e. The fraction of sp³-hybridized carbons (Fsp3) is 0.211. The quantitative estimate of drug-likeness (QED) is 0.487. The summed E-state index contributed by atoms with van der Waals surface area (Å²) in [4.78, 5) is 31.7. The lowest BCUT2D eigenvalue weighted by Gasteiger charge is -2.12. The SMILES string of the molecule is NC(=O)NC(Cc1ccccc1)C(=O)O.N[C@@H](Cc1ccccc1)C(=O)O. The largest absolute Gasteiger partial charge is 0.480 e. The van der Waals surface area contributed by atoms with Gasteiger partial charge in [0.2, 0.25) is 0 Å². The van der Waals surface area contributed by atoms with E-state index in [-0.39, 0.29) is 6.42 Å². The van der Waals surface area contributed by atoms with Crippen molar-refractivity contribution in [2.75, 3.05) is 0 Å². The average Bonchev–Trinajstić information content (AvgIpc) is 2.63. The van der Waals surface area contributed by atoms with Gasteiger partial charge in [-0.15, -0.1) is 0 Å². The molecular formula is C19H23N3O5. The first kappa shape index (κ1) is 21.7. The lowest BCUT2D eigenvalue weighted by atomic mass is 10.1. The minimum atomic E-state index is -1.10. The normalized spacial score (nSPS) is 12.0. The number of carbonyl (C=O) groups excluding carboxylic acids is 1. The number of nitrogens with two attached hydrogens (primary N) is 2. The lowest BCUT2D eigenvalue weighted by molar-refractivity contribution is -0.139. The lowest BCUT2D eigenvalue weighted by Crippen LogP contribution is -2.44. The smallest absolute Gasteiger partial charge is 0.326 e. The Hall–Kier alpha value is -3.39. The second-order valence-corrected chi connectivity index (χ2v) is 5.72. The molecule has 27 heavy (non-hydrogen) atoms. The average molecular weight is 373 g/mol. The van der Waals surface area contributed by atoms with Crippen LogP contribution in [0.1, 0.15) is 11.1 Å². The molecule has 8 heteroatoms. The predicted octanol–water partition coefficient (Wildman–Crippen LogP) is 0.992. The Morgan fingerprint density at radius 2 is 1.26 bits per heavy atom. The van der Waals surface area contributed by atoms with E-state index in [0.29, 0.717) is 6.42 Å². The van der Waals surface area contributed by atoms with Crippen molar-refractivity contribution in [3.8, 4) is 0 Å². The van der Waals surface area contributed by atoms with Gasteiger partial charge in [0.25, 0.3) is 0 Å². The zero-order chi connectivity index (χ0) is 20.2. The van der Waals surface area contributed by atoms with Crippen molar-refractivity contribution >= 4 is 18.0 Å². The maximum Gasteiger partial charge on any atom is 0.326 e. The molecule has 0 heterocycles. The Morgan fingerprint density at radius 3 is 1.63 bits per heavy atom. The van der Waals surface area contributed by atoms with Gasteiger partial charge >= 0.3 is 18.0 Å². The number of aliphatic carboxylic acids is 2. The maximum atomic E-state index is 10.8. The number of nitrogens with one attached hydrogen (secondary N) is 1. The first-order valence-corrected chi connectivity index (χ1v) is 8.14. The molecule has 7 N–H and O–H groups in total. The number of carbonyl (C=O) groups is 3. The highest BCUT2D eigenvalue weighted by atomic mass is 16.4. The van der Waals surface area contributed by atoms with E-state index in [4.69, 9.17) is 21.7 Å². The second kappa shape index (κ2) is 11.3. The van der Waals surface area contributed by atoms with Crippen molar-refractivity contribution in [3.05, 3.63) is 71.8 Å². The molecule has 2 amide bonds. The van der Waals surface area contributed by atoms with Crippen LogP contribution < -0.4 is 16.8 Å². The van der Waals surface area contributed by atoms with E-state index >= 15 is 0 Å². The van der Waals surface area contributed by atoms with Crippen LogP contribution in [0.3, 0.4) is 0 Å². The van der Waals surface area contributed by atoms with Gasteiger partial charge in [-0.3, -0.25) is 4.79 Å². The summed E-state index contributed by atoms with van der Waals surface area (Å²) < 4.78 is 0. The van der Waals surface area contributed by atoms with Crippen LogP contribution in [0.5, 0.6) is 0 Å². The summed E-state index contributed by atoms with van der Waals surface area (Å²) in [6.45, 7) is 0. The van der Waals surface area contributed by atoms with Crippen molar-refractivity contribution in [2.45, 2.75) is 24.9 Å². The van der Waals surface area contributed by atoms with Crippen LogP contribution in [0.2, 0.25) is 0 Å². The van der Waals surface area contributed by atoms with Gasteiger partial charge in [-0.1, -0.05) is 60.7 Å². The third kappa shape index (κ3) is 9.03. The van der Waals surface area contributed by atoms with Gasteiger partial charge in [0.05, 0.1) is 0 Å². The van der Waals surface area contributed by atoms with Crippen LogP contribution in [0.4, 0.5) is 4.79 Å². The monoisotopic (exact) mass is 373 g/mol. The zero-order valence-corrected chi connectivity index (χ0v) is 14.6. The van der Waals surface area contributed by atoms with Crippen LogP contribution >= 0.6 is 0 Å². The Bertz CT molecular complexity index is 738. The van der Waals surface area contributed by atoms with Gasteiger partial charge < -0.3 is 27.0 Å². The molecular weight excluding hydrogens is 350 g/mol. The molecule has 0 aliphatic carbocycles. The first-order chi connectivity index (χ1) is 12.8. The summed E-state index contributed by atoms with van der Waals surface area (Å²) in [5.74, 6) is -2.06. The van der Waals surface area contributed by atoms with Crippen molar-refractivity contribution in [3.63, 3.8) is 0 Å². The Balaban J connectivity index is 0.000000277. The van der Waals surface area contributed by atoms with E-state index in [1.165, 1.54) is 0 Å². The van der Waals surface area contributed by atoms with Crippen LogP contribution in [0, 0.1) is 0 Å². The number of carboxylic acids is 2. The molecule has 0 aliphatic rings. The van der Waals surface area contributed by atoms with Crippen molar-refractivity contribution in [2.24, 2.45) is 11.5 Å². The molecule has 0 saturated heterocycles. The number of urea groups is 1. The molecule has 0 aliphatic heterocycles. The zero-order valence-electron chi connectivity index (χ0n) is 14.6. The summed E-state index contributed by atoms with van der Waals surface area (Å²) >= 11 is 0. The topological polar surface area (TPSA) is 156 Å². The first-order valence-electron chi connectivity index (χ1n) is 8.14. The molecule has 2 aromatic carbocycles. The summed E-state index contributed by atoms with van der Waals surface area (Å²) in [7, 11) is 0. The van der Waals surface area contributed by atoms with Gasteiger partial charge in [-0.2, -0.15) is 0 Å². The Labute approximate surface area is 156 Å². The molecule has 2 atom stereocenters. The number of amides is 2. The van der Waals surface area contributed by atoms with Crippen molar-refractivity contribution in [1.29, 1.82) is 0 Å². The van der Waals surface area contributed by atoms with Gasteiger partial charge in [0, 0.05) is 6.42 Å². The standard InChI is InChI=1S/C10H12N2O3.C9H11NO2/c11-10(15)12-8(9(13)14)6-7-4-2-1-3-5-7;10-8(9(11)12)6-7-4-2-1-3-5-7/h1-5,8H,6H2,(H,13,14)(H3,11,12,15);1-5,8H,6,10H2,(H,11,12)/t;8-/m.0/s1. The van der Waals surface area contributed by atoms with E-state index < -0.39 is 30.1 Å². The summed E-state index contributed by atoms with van der Waals surface area (Å²) in [5, 5.41) is 19.5. The van der Waals surface area contributed by atoms with Crippen LogP contribution in [-0.4, -0.2) is 40.3 Å². The highest BCUT2D eigenvalue weighted by Gasteiger charge is 2.18. The van der Waals surface area contributed by atoms with E-state index in [0.717, 1.165) is 11.1 Å². The number of carboxylic acid groups (broad SMARTS) is 2. The summed E-state index contributed by atoms with van der Waals surface area (Å²) in [5.41, 5.74) is 12.0. The van der Waals surface area contributed by atoms with Crippen molar-refractivity contribution < 1.29 is 24.6 Å². The summed E-state index contributed by atoms with van der Waals surface area (Å²) in [6.07, 6.45) is 0.606. The third-order valence-corrected chi connectivity index (χ3v) is 3.51. The molecule has 1 unspecified atom stereocenters. The van der Waals surface area contributed by atoms with Crippen molar-refractivity contribution in [1.82, 2.24) is 5.32 Å². The van der Waals surface area contributed by atoms with E-state index in [1.54, 1.807) is 24.3 Å². The van der Waals surface area contributed by atoms with Crippen LogP contribution in [0.15, 0.2) is 60.7 Å². The molecule has 0 fully saturated rings. The van der Waals surface area contributed by atoms with Crippen LogP contribution in [-0.2, 0) is 22.4 Å². The number of rotatable bonds is 7. The van der Waals surface area contributed by atoms with E-state index in [2.05, 4.69) is 5.32 Å². The molecule has 0 aromatic heterocycles. The van der Waals surface area contributed by atoms with Gasteiger partial charge in [0.1, 0.15) is 12.1 Å². The number of hydrogen-bond donors (Lipinski definition) is 5. The highest BCUT2D eigenvalue weighted by molar-refractivity contribution is 5.81. The molecule has 0 bridgehead atoms. The van der Waals surface area contributed by atoms with E-state index in [1.807, 2.05) is 36.4 Å². The summed E-state index contributed by atoms with van der Waals surface area (Å²) in [6, 6.07) is 15.8. The molecule has 144 valence electrons. The third-order valence-electron chi connectivity index (χ3n) is 3.51. The molecule has 8 nitrogen and oxygen atoms in total. The van der Waals surface area contributed by atoms with Crippen LogP contribution in [0.25, 0.3) is 0 Å². The second-order valence-electron chi connectivity index (χ2n) is 5.72. The Kier molecular flexibility index (Phi) is 9.04. The number of benzene rings is 2. The molecule has 0 saturated carbocycles. The maximum absolute atomic E-state index is 10.8. The van der Waals surface area contributed by atoms with E-state index in [9.17, 15) is 14.4 Å². The van der Waals surface area contributed by atoms with Gasteiger partial charge in [0.15, 0.2) is 0 Å². The fourth-order valence-electron chi connectivity index (χ4n) is 2.18. The molecule has 2 aromatic rings. The minimum absolute atomic E-state index is 0.221. The van der Waals surface area contributed by atoms with Gasteiger partial charge in [-0.25, -0.2) is 9.59 Å². The number of hydrogen-bond acceptors (Lipinski definition) is 4. The molecule has 2 rings (SSSR count).